The van der Waals surface area contributed by atoms with Crippen molar-refractivity contribution in [2.24, 2.45) is 11.8 Å². The van der Waals surface area contributed by atoms with Crippen molar-refractivity contribution in [2.75, 3.05) is 35.4 Å². The lowest BCUT2D eigenvalue weighted by molar-refractivity contribution is -0.504. The predicted molar refractivity (Wildman–Crippen MR) is 149 cm³/mol. The van der Waals surface area contributed by atoms with Crippen molar-refractivity contribution < 1.29 is 29.6 Å². The van der Waals surface area contributed by atoms with Crippen LogP contribution in [0.5, 0.6) is 0 Å². The van der Waals surface area contributed by atoms with E-state index in [-0.39, 0.29) is 12.5 Å². The first kappa shape index (κ1) is 32.8. The van der Waals surface area contributed by atoms with Gasteiger partial charge in [-0.2, -0.15) is 0 Å². The predicted octanol–water partition coefficient (Wildman–Crippen LogP) is 6.23. The van der Waals surface area contributed by atoms with Gasteiger partial charge in [-0.1, -0.05) is 65.3 Å². The highest BCUT2D eigenvalue weighted by atomic mass is 17.1. The van der Waals surface area contributed by atoms with E-state index in [4.69, 9.17) is 15.2 Å². The fraction of sp³-hybridized carbons (Fsp3) is 0.500. The zero-order valence-corrected chi connectivity index (χ0v) is 23.7. The van der Waals surface area contributed by atoms with Crippen LogP contribution in [0.15, 0.2) is 42.5 Å². The first-order chi connectivity index (χ1) is 18.0. The van der Waals surface area contributed by atoms with Gasteiger partial charge in [-0.25, -0.2) is 9.63 Å². The number of urea groups is 1. The summed E-state index contributed by atoms with van der Waals surface area (Å²) in [5.41, 5.74) is 4.17. The molecule has 0 unspecified atom stereocenters. The highest BCUT2D eigenvalue weighted by Gasteiger charge is 2.17. The molecule has 38 heavy (non-hydrogen) atoms. The van der Waals surface area contributed by atoms with E-state index in [1.807, 2.05) is 63.2 Å². The Morgan fingerprint density at radius 3 is 2.08 bits per heavy atom. The molecule has 0 radical (unpaired) electrons. The molecule has 212 valence electrons. The first-order valence-electron chi connectivity index (χ1n) is 13.0. The summed E-state index contributed by atoms with van der Waals surface area (Å²) in [7, 11) is 0. The number of carbonyl (C=O) groups excluding carboxylic acids is 2. The van der Waals surface area contributed by atoms with Crippen molar-refractivity contribution >= 4 is 29.1 Å². The van der Waals surface area contributed by atoms with E-state index in [1.54, 1.807) is 0 Å². The SMILES string of the molecule is CC.Cc1ccc(NC(=O)Nc2cc(CCC(=O)OCON(O)O)ccc2N(CC(C)C)CC(C)C)cc1. The van der Waals surface area contributed by atoms with Crippen LogP contribution < -0.4 is 15.5 Å². The van der Waals surface area contributed by atoms with E-state index in [2.05, 4.69) is 48.1 Å². The van der Waals surface area contributed by atoms with E-state index in [9.17, 15) is 9.59 Å². The Morgan fingerprint density at radius 1 is 0.921 bits per heavy atom. The van der Waals surface area contributed by atoms with Gasteiger partial charge in [0.15, 0.2) is 0 Å². The van der Waals surface area contributed by atoms with Crippen LogP contribution in [0.25, 0.3) is 0 Å². The van der Waals surface area contributed by atoms with Crippen LogP contribution in [0, 0.1) is 18.8 Å². The van der Waals surface area contributed by atoms with E-state index < -0.39 is 18.2 Å². The molecule has 4 N–H and O–H groups in total. The van der Waals surface area contributed by atoms with Crippen LogP contribution in [-0.2, 0) is 20.8 Å². The molecular weight excluding hydrogens is 488 g/mol. The molecule has 0 aliphatic rings. The third kappa shape index (κ3) is 12.9. The Kier molecular flexibility index (Phi) is 15.0. The Labute approximate surface area is 226 Å². The van der Waals surface area contributed by atoms with Crippen molar-refractivity contribution in [3.05, 3.63) is 53.6 Å². The molecule has 2 rings (SSSR count). The number of esters is 1. The fourth-order valence-corrected chi connectivity index (χ4v) is 3.65. The van der Waals surface area contributed by atoms with Gasteiger partial charge in [0.25, 0.3) is 0 Å². The summed E-state index contributed by atoms with van der Waals surface area (Å²) in [6, 6.07) is 12.9. The average molecular weight is 533 g/mol. The molecule has 10 nitrogen and oxygen atoms in total. The van der Waals surface area contributed by atoms with Gasteiger partial charge < -0.3 is 20.3 Å². The summed E-state index contributed by atoms with van der Waals surface area (Å²) in [5, 5.41) is 22.3. The van der Waals surface area contributed by atoms with E-state index in [1.165, 1.54) is 0 Å². The lowest BCUT2D eigenvalue weighted by Gasteiger charge is -2.30. The minimum Gasteiger partial charge on any atom is -0.437 e. The number of hydrogen-bond donors (Lipinski definition) is 4. The van der Waals surface area contributed by atoms with Gasteiger partial charge in [-0.15, -0.1) is 0 Å². The van der Waals surface area contributed by atoms with Gasteiger partial charge in [0.05, 0.1) is 16.8 Å². The molecule has 0 bridgehead atoms. The van der Waals surface area contributed by atoms with Crippen molar-refractivity contribution in [2.45, 2.75) is 61.3 Å². The maximum atomic E-state index is 12.9. The number of nitrogens with zero attached hydrogens (tertiary/aromatic N) is 2. The summed E-state index contributed by atoms with van der Waals surface area (Å²) >= 11 is 0. The minimum absolute atomic E-state index is 0.0519. The summed E-state index contributed by atoms with van der Waals surface area (Å²) < 4.78 is 4.78. The van der Waals surface area contributed by atoms with E-state index >= 15 is 0 Å². The molecule has 0 aromatic heterocycles. The highest BCUT2D eigenvalue weighted by Crippen LogP contribution is 2.30. The van der Waals surface area contributed by atoms with Crippen molar-refractivity contribution in [1.82, 2.24) is 5.39 Å². The molecule has 0 aliphatic carbocycles. The molecule has 0 fully saturated rings. The zero-order chi connectivity index (χ0) is 28.7. The van der Waals surface area contributed by atoms with E-state index in [0.29, 0.717) is 29.6 Å². The first-order valence-corrected chi connectivity index (χ1v) is 13.0. The molecule has 0 aliphatic heterocycles. The van der Waals surface area contributed by atoms with Crippen molar-refractivity contribution in [3.8, 4) is 0 Å². The van der Waals surface area contributed by atoms with Gasteiger partial charge in [-0.05, 0) is 55.0 Å². The van der Waals surface area contributed by atoms with Gasteiger partial charge in [0.1, 0.15) is 0 Å². The highest BCUT2D eigenvalue weighted by molar-refractivity contribution is 6.02. The van der Waals surface area contributed by atoms with Crippen LogP contribution in [-0.4, -0.2) is 47.7 Å². The molecule has 0 atom stereocenters. The second kappa shape index (κ2) is 17.4. The Balaban J connectivity index is 0.00000352. The number of aryl methyl sites for hydroxylation is 2. The van der Waals surface area contributed by atoms with Crippen molar-refractivity contribution in [3.63, 3.8) is 0 Å². The lowest BCUT2D eigenvalue weighted by Crippen LogP contribution is -2.32. The Hall–Kier alpha value is -3.18. The molecule has 2 aromatic carbocycles. The molecule has 0 spiro atoms. The molecule has 2 aromatic rings. The van der Waals surface area contributed by atoms with Crippen LogP contribution in [0.3, 0.4) is 0 Å². The van der Waals surface area contributed by atoms with Gasteiger partial charge in [-0.3, -0.25) is 15.2 Å². The fourth-order valence-electron chi connectivity index (χ4n) is 3.65. The average Bonchev–Trinajstić information content (AvgIpc) is 2.84. The van der Waals surface area contributed by atoms with Gasteiger partial charge >= 0.3 is 12.0 Å². The second-order valence-electron chi connectivity index (χ2n) is 9.51. The topological polar surface area (TPSA) is 124 Å². The minimum atomic E-state index is -0.615. The largest absolute Gasteiger partial charge is 0.437 e. The number of anilines is 3. The molecule has 0 saturated heterocycles. The zero-order valence-electron chi connectivity index (χ0n) is 23.7. The molecular formula is C28H44N4O6. The molecule has 10 heteroatoms. The summed E-state index contributed by atoms with van der Waals surface area (Å²) in [5.74, 6) is 0.278. The molecule has 0 saturated carbocycles. The van der Waals surface area contributed by atoms with Crippen LogP contribution in [0.2, 0.25) is 0 Å². The van der Waals surface area contributed by atoms with E-state index in [0.717, 1.165) is 29.9 Å². The number of ether oxygens (including phenoxy) is 1. The number of rotatable bonds is 13. The number of benzene rings is 2. The second-order valence-corrected chi connectivity index (χ2v) is 9.51. The maximum absolute atomic E-state index is 12.9. The molecule has 2 amide bonds. The third-order valence-corrected chi connectivity index (χ3v) is 5.14. The lowest BCUT2D eigenvalue weighted by atomic mass is 10.1. The Bertz CT molecular complexity index is 970. The number of carbonyl (C=O) groups is 2. The Morgan fingerprint density at radius 2 is 1.53 bits per heavy atom. The normalized spacial score (nSPS) is 10.7. The van der Waals surface area contributed by atoms with Crippen LogP contribution >= 0.6 is 0 Å². The smallest absolute Gasteiger partial charge is 0.323 e. The number of nitrogens with one attached hydrogen (secondary N) is 2. The standard InChI is InChI=1S/C26H38N4O6.C2H6/c1-18(2)15-29(16-19(3)4)24-12-8-21(9-13-25(31)35-17-36-30(33)34)14-23(24)28-26(32)27-22-10-6-20(5)7-11-22;1-2/h6-8,10-12,14,18-19,33-34H,9,13,15-17H2,1-5H3,(H2,27,28,32);1-2H3. The number of amides is 2. The summed E-state index contributed by atoms with van der Waals surface area (Å²) in [6.07, 6.45) is 0.417. The quantitative estimate of drug-likeness (QED) is 0.136. The van der Waals surface area contributed by atoms with Crippen LogP contribution in [0.4, 0.5) is 21.9 Å². The molecule has 0 heterocycles. The van der Waals surface area contributed by atoms with Gasteiger partial charge in [0, 0.05) is 25.2 Å². The number of hydrogen-bond acceptors (Lipinski definition) is 8. The summed E-state index contributed by atoms with van der Waals surface area (Å²) in [6.45, 7) is 15.6. The third-order valence-electron chi connectivity index (χ3n) is 5.14. The summed E-state index contributed by atoms with van der Waals surface area (Å²) in [4.78, 5) is 31.3. The van der Waals surface area contributed by atoms with Crippen LogP contribution in [0.1, 0.15) is 59.1 Å². The van der Waals surface area contributed by atoms with Crippen molar-refractivity contribution in [1.29, 1.82) is 0 Å². The maximum Gasteiger partial charge on any atom is 0.323 e. The van der Waals surface area contributed by atoms with Gasteiger partial charge in [0.2, 0.25) is 6.79 Å². The monoisotopic (exact) mass is 532 g/mol.